The Labute approximate surface area is 131 Å². The minimum absolute atomic E-state index is 0.0589. The molecule has 8 heteroatoms. The third kappa shape index (κ3) is 4.87. The maximum Gasteiger partial charge on any atom is 0.422 e. The average molecular weight is 330 g/mol. The van der Waals surface area contributed by atoms with Crippen LogP contribution in [-0.2, 0) is 16.0 Å². The Balaban J connectivity index is 1.93. The van der Waals surface area contributed by atoms with Gasteiger partial charge in [-0.05, 0) is 30.5 Å². The summed E-state index contributed by atoms with van der Waals surface area (Å²) >= 11 is 0. The molecule has 2 rings (SSSR count). The summed E-state index contributed by atoms with van der Waals surface area (Å²) in [5.74, 6) is -0.670. The lowest BCUT2D eigenvalue weighted by Crippen LogP contribution is -2.44. The number of carbonyl (C=O) groups is 2. The molecular weight excluding hydrogens is 313 g/mol. The first-order chi connectivity index (χ1) is 10.8. The van der Waals surface area contributed by atoms with Crippen LogP contribution in [0.1, 0.15) is 18.4 Å². The molecule has 1 heterocycles. The number of nitrogens with two attached hydrogens (primary N) is 1. The summed E-state index contributed by atoms with van der Waals surface area (Å²) in [5.41, 5.74) is 5.90. The smallest absolute Gasteiger partial charge is 0.422 e. The number of carbonyl (C=O) groups excluding carboxylic acids is 2. The van der Waals surface area contributed by atoms with Gasteiger partial charge in [-0.3, -0.25) is 9.59 Å². The van der Waals surface area contributed by atoms with Gasteiger partial charge in [0.2, 0.25) is 11.8 Å². The molecule has 1 aromatic carbocycles. The van der Waals surface area contributed by atoms with Crippen molar-refractivity contribution in [3.05, 3.63) is 29.8 Å². The van der Waals surface area contributed by atoms with Gasteiger partial charge in [0.15, 0.2) is 6.61 Å². The van der Waals surface area contributed by atoms with Gasteiger partial charge in [-0.2, -0.15) is 13.2 Å². The second-order valence-corrected chi connectivity index (χ2v) is 5.37. The number of benzene rings is 1. The SMILES string of the molecule is NC(=O)[C@H]1CCCN1C(=O)Cc1ccc(OCC(F)(F)F)cc1. The van der Waals surface area contributed by atoms with E-state index in [1.807, 2.05) is 0 Å². The van der Waals surface area contributed by atoms with Crippen molar-refractivity contribution in [2.24, 2.45) is 5.73 Å². The van der Waals surface area contributed by atoms with Crippen LogP contribution in [0.15, 0.2) is 24.3 Å². The van der Waals surface area contributed by atoms with Crippen LogP contribution in [0, 0.1) is 0 Å². The Morgan fingerprint density at radius 2 is 1.91 bits per heavy atom. The minimum Gasteiger partial charge on any atom is -0.484 e. The van der Waals surface area contributed by atoms with Gasteiger partial charge < -0.3 is 15.4 Å². The largest absolute Gasteiger partial charge is 0.484 e. The summed E-state index contributed by atoms with van der Waals surface area (Å²) in [6, 6.07) is 5.24. The zero-order valence-corrected chi connectivity index (χ0v) is 12.3. The number of rotatable bonds is 5. The first-order valence-electron chi connectivity index (χ1n) is 7.13. The molecule has 0 unspecified atom stereocenters. The van der Waals surface area contributed by atoms with Crippen LogP contribution in [0.4, 0.5) is 13.2 Å². The summed E-state index contributed by atoms with van der Waals surface area (Å²) < 4.78 is 40.8. The fourth-order valence-electron chi connectivity index (χ4n) is 2.51. The molecule has 0 radical (unpaired) electrons. The van der Waals surface area contributed by atoms with Crippen molar-refractivity contribution in [2.75, 3.05) is 13.2 Å². The number of hydrogen-bond donors (Lipinski definition) is 1. The van der Waals surface area contributed by atoms with E-state index in [-0.39, 0.29) is 18.1 Å². The van der Waals surface area contributed by atoms with Crippen LogP contribution in [0.2, 0.25) is 0 Å². The van der Waals surface area contributed by atoms with Crippen molar-refractivity contribution in [3.8, 4) is 5.75 Å². The Morgan fingerprint density at radius 1 is 1.26 bits per heavy atom. The van der Waals surface area contributed by atoms with E-state index in [4.69, 9.17) is 5.73 Å². The number of amides is 2. The normalized spacial score (nSPS) is 18.0. The molecule has 0 aliphatic carbocycles. The van der Waals surface area contributed by atoms with Crippen LogP contribution in [0.3, 0.4) is 0 Å². The maximum atomic E-state index is 12.2. The lowest BCUT2D eigenvalue weighted by atomic mass is 10.1. The van der Waals surface area contributed by atoms with E-state index in [1.54, 1.807) is 0 Å². The van der Waals surface area contributed by atoms with Gasteiger partial charge >= 0.3 is 6.18 Å². The van der Waals surface area contributed by atoms with Crippen LogP contribution in [0.25, 0.3) is 0 Å². The summed E-state index contributed by atoms with van der Waals surface area (Å²) in [5, 5.41) is 0. The molecule has 1 fully saturated rings. The monoisotopic (exact) mass is 330 g/mol. The standard InChI is InChI=1S/C15H17F3N2O3/c16-15(17,18)9-23-11-5-3-10(4-6-11)8-13(21)20-7-1-2-12(20)14(19)22/h3-6,12H,1-2,7-9H2,(H2,19,22)/t12-/m1/s1. The predicted molar refractivity (Wildman–Crippen MR) is 75.6 cm³/mol. The third-order valence-electron chi connectivity index (χ3n) is 3.58. The Hall–Kier alpha value is -2.25. The highest BCUT2D eigenvalue weighted by Gasteiger charge is 2.32. The molecule has 1 aliphatic rings. The number of halogens is 3. The molecule has 1 aliphatic heterocycles. The second kappa shape index (κ2) is 6.89. The van der Waals surface area contributed by atoms with Crippen molar-refractivity contribution in [1.82, 2.24) is 4.90 Å². The Bertz CT molecular complexity index is 572. The van der Waals surface area contributed by atoms with Gasteiger partial charge in [-0.15, -0.1) is 0 Å². The average Bonchev–Trinajstić information content (AvgIpc) is 2.95. The van der Waals surface area contributed by atoms with Crippen LogP contribution < -0.4 is 10.5 Å². The van der Waals surface area contributed by atoms with Crippen LogP contribution >= 0.6 is 0 Å². The molecule has 23 heavy (non-hydrogen) atoms. The first-order valence-corrected chi connectivity index (χ1v) is 7.13. The van der Waals surface area contributed by atoms with Crippen molar-refractivity contribution in [3.63, 3.8) is 0 Å². The van der Waals surface area contributed by atoms with E-state index < -0.39 is 24.7 Å². The molecule has 2 N–H and O–H groups in total. The molecule has 0 spiro atoms. The van der Waals surface area contributed by atoms with Gasteiger partial charge in [-0.25, -0.2) is 0 Å². The van der Waals surface area contributed by atoms with Crippen LogP contribution in [-0.4, -0.2) is 42.1 Å². The molecule has 0 aromatic heterocycles. The van der Waals surface area contributed by atoms with Gasteiger partial charge in [0.25, 0.3) is 0 Å². The summed E-state index contributed by atoms with van der Waals surface area (Å²) in [6.07, 6.45) is -3.05. The molecule has 126 valence electrons. The molecule has 1 atom stereocenters. The summed E-state index contributed by atoms with van der Waals surface area (Å²) in [4.78, 5) is 25.0. The van der Waals surface area contributed by atoms with Crippen LogP contribution in [0.5, 0.6) is 5.75 Å². The molecule has 1 aromatic rings. The van der Waals surface area contributed by atoms with Gasteiger partial charge in [0.05, 0.1) is 6.42 Å². The second-order valence-electron chi connectivity index (χ2n) is 5.37. The van der Waals surface area contributed by atoms with E-state index in [9.17, 15) is 22.8 Å². The first kappa shape index (κ1) is 17.1. The van der Waals surface area contributed by atoms with E-state index in [2.05, 4.69) is 4.74 Å². The lowest BCUT2D eigenvalue weighted by molar-refractivity contribution is -0.153. The predicted octanol–water partition coefficient (Wildman–Crippen LogP) is 1.65. The number of ether oxygens (including phenoxy) is 1. The minimum atomic E-state index is -4.39. The van der Waals surface area contributed by atoms with Crippen molar-refractivity contribution in [2.45, 2.75) is 31.5 Å². The fraction of sp³-hybridized carbons (Fsp3) is 0.467. The molecule has 2 amide bonds. The fourth-order valence-corrected chi connectivity index (χ4v) is 2.51. The number of alkyl halides is 3. The quantitative estimate of drug-likeness (QED) is 0.892. The van der Waals surface area contributed by atoms with Gasteiger partial charge in [0, 0.05) is 6.54 Å². The summed E-state index contributed by atoms with van der Waals surface area (Å²) in [6.45, 7) is -0.876. The summed E-state index contributed by atoms with van der Waals surface area (Å²) in [7, 11) is 0. The zero-order chi connectivity index (χ0) is 17.0. The van der Waals surface area contributed by atoms with Gasteiger partial charge in [0.1, 0.15) is 11.8 Å². The lowest BCUT2D eigenvalue weighted by Gasteiger charge is -2.22. The molecule has 0 saturated carbocycles. The van der Waals surface area contributed by atoms with Gasteiger partial charge in [-0.1, -0.05) is 12.1 Å². The van der Waals surface area contributed by atoms with E-state index >= 15 is 0 Å². The van der Waals surface area contributed by atoms with Crippen molar-refractivity contribution in [1.29, 1.82) is 0 Å². The molecular formula is C15H17F3N2O3. The highest BCUT2D eigenvalue weighted by molar-refractivity contribution is 5.88. The van der Waals surface area contributed by atoms with Crippen molar-refractivity contribution >= 4 is 11.8 Å². The molecule has 5 nitrogen and oxygen atoms in total. The number of likely N-dealkylation sites (tertiary alicyclic amines) is 1. The number of nitrogens with zero attached hydrogens (tertiary/aromatic N) is 1. The van der Waals surface area contributed by atoms with E-state index in [0.29, 0.717) is 18.5 Å². The highest BCUT2D eigenvalue weighted by atomic mass is 19.4. The number of primary amides is 1. The molecule has 0 bridgehead atoms. The Morgan fingerprint density at radius 3 is 2.48 bits per heavy atom. The van der Waals surface area contributed by atoms with E-state index in [1.165, 1.54) is 29.2 Å². The zero-order valence-electron chi connectivity index (χ0n) is 12.3. The number of hydrogen-bond acceptors (Lipinski definition) is 3. The Kier molecular flexibility index (Phi) is 5.12. The molecule has 1 saturated heterocycles. The van der Waals surface area contributed by atoms with E-state index in [0.717, 1.165) is 6.42 Å². The van der Waals surface area contributed by atoms with Crippen molar-refractivity contribution < 1.29 is 27.5 Å². The highest BCUT2D eigenvalue weighted by Crippen LogP contribution is 2.21. The topological polar surface area (TPSA) is 72.6 Å². The third-order valence-corrected chi connectivity index (χ3v) is 3.58. The maximum absolute atomic E-state index is 12.2.